The van der Waals surface area contributed by atoms with Gasteiger partial charge in [-0.05, 0) is 30.9 Å². The van der Waals surface area contributed by atoms with E-state index in [9.17, 15) is 0 Å². The molecule has 2 heterocycles. The van der Waals surface area contributed by atoms with Gasteiger partial charge in [-0.3, -0.25) is 4.98 Å². The van der Waals surface area contributed by atoms with Gasteiger partial charge >= 0.3 is 0 Å². The summed E-state index contributed by atoms with van der Waals surface area (Å²) in [4.78, 5) is 8.53. The van der Waals surface area contributed by atoms with Crippen LogP contribution in [0, 0.1) is 0 Å². The van der Waals surface area contributed by atoms with Gasteiger partial charge in [0.15, 0.2) is 5.82 Å². The number of rotatable bonds is 3. The predicted molar refractivity (Wildman–Crippen MR) is 65.9 cm³/mol. The average Bonchev–Trinajstić information content (AvgIpc) is 2.99. The van der Waals surface area contributed by atoms with Crippen LogP contribution in [-0.2, 0) is 6.42 Å². The fourth-order valence-electron chi connectivity index (χ4n) is 2.43. The van der Waals surface area contributed by atoms with Crippen molar-refractivity contribution >= 4 is 0 Å². The van der Waals surface area contributed by atoms with Crippen LogP contribution in [0.5, 0.6) is 0 Å². The van der Waals surface area contributed by atoms with Gasteiger partial charge in [-0.2, -0.15) is 4.98 Å². The van der Waals surface area contributed by atoms with Crippen molar-refractivity contribution < 1.29 is 4.52 Å². The van der Waals surface area contributed by atoms with E-state index >= 15 is 0 Å². The molecule has 2 N–H and O–H groups in total. The normalized spacial score (nSPS) is 23.4. The molecule has 1 aliphatic carbocycles. The van der Waals surface area contributed by atoms with Gasteiger partial charge in [0, 0.05) is 30.8 Å². The van der Waals surface area contributed by atoms with Crippen molar-refractivity contribution in [2.45, 2.75) is 37.6 Å². The van der Waals surface area contributed by atoms with E-state index in [1.54, 1.807) is 6.20 Å². The summed E-state index contributed by atoms with van der Waals surface area (Å²) < 4.78 is 5.33. The summed E-state index contributed by atoms with van der Waals surface area (Å²) in [5.74, 6) is 1.80. The SMILES string of the molecule is NC1CCC(c2nc(Cc3cccnc3)no2)C1. The van der Waals surface area contributed by atoms with Crippen LogP contribution in [0.25, 0.3) is 0 Å². The van der Waals surface area contributed by atoms with E-state index in [-0.39, 0.29) is 6.04 Å². The Hall–Kier alpha value is -1.75. The minimum atomic E-state index is 0.281. The third-order valence-electron chi connectivity index (χ3n) is 3.39. The molecule has 3 rings (SSSR count). The Morgan fingerprint density at radius 3 is 3.06 bits per heavy atom. The molecule has 1 aliphatic rings. The van der Waals surface area contributed by atoms with E-state index in [1.165, 1.54) is 0 Å². The molecule has 1 saturated carbocycles. The minimum Gasteiger partial charge on any atom is -0.339 e. The van der Waals surface area contributed by atoms with Crippen molar-refractivity contribution in [3.63, 3.8) is 0 Å². The first-order valence-electron chi connectivity index (χ1n) is 6.28. The average molecular weight is 244 g/mol. The van der Waals surface area contributed by atoms with Crippen molar-refractivity contribution in [2.75, 3.05) is 0 Å². The van der Waals surface area contributed by atoms with Crippen molar-refractivity contribution in [3.05, 3.63) is 41.8 Å². The van der Waals surface area contributed by atoms with E-state index in [2.05, 4.69) is 15.1 Å². The fraction of sp³-hybridized carbons (Fsp3) is 0.462. The molecule has 94 valence electrons. The Bertz CT molecular complexity index is 511. The van der Waals surface area contributed by atoms with Gasteiger partial charge in [-0.1, -0.05) is 11.2 Å². The molecule has 5 heteroatoms. The summed E-state index contributed by atoms with van der Waals surface area (Å²) in [6.45, 7) is 0. The van der Waals surface area contributed by atoms with Gasteiger partial charge in [-0.25, -0.2) is 0 Å². The molecule has 1 fully saturated rings. The Morgan fingerprint density at radius 1 is 1.39 bits per heavy atom. The first kappa shape index (κ1) is 11.3. The lowest BCUT2D eigenvalue weighted by molar-refractivity contribution is 0.350. The number of nitrogens with two attached hydrogens (primary N) is 1. The zero-order chi connectivity index (χ0) is 12.4. The Morgan fingerprint density at radius 2 is 2.33 bits per heavy atom. The van der Waals surface area contributed by atoms with Crippen molar-refractivity contribution in [1.82, 2.24) is 15.1 Å². The smallest absolute Gasteiger partial charge is 0.229 e. The zero-order valence-corrected chi connectivity index (χ0v) is 10.1. The monoisotopic (exact) mass is 244 g/mol. The number of hydrogen-bond donors (Lipinski definition) is 1. The molecule has 18 heavy (non-hydrogen) atoms. The summed E-state index contributed by atoms with van der Waals surface area (Å²) >= 11 is 0. The molecule has 0 saturated heterocycles. The molecule has 0 spiro atoms. The molecule has 2 unspecified atom stereocenters. The van der Waals surface area contributed by atoms with Crippen LogP contribution < -0.4 is 5.73 Å². The molecular weight excluding hydrogens is 228 g/mol. The third-order valence-corrected chi connectivity index (χ3v) is 3.39. The Labute approximate surface area is 105 Å². The van der Waals surface area contributed by atoms with E-state index in [0.29, 0.717) is 12.3 Å². The minimum absolute atomic E-state index is 0.281. The van der Waals surface area contributed by atoms with E-state index in [0.717, 1.165) is 36.5 Å². The van der Waals surface area contributed by atoms with Gasteiger partial charge in [-0.15, -0.1) is 0 Å². The number of hydrogen-bond acceptors (Lipinski definition) is 5. The van der Waals surface area contributed by atoms with Crippen LogP contribution in [0.15, 0.2) is 29.0 Å². The van der Waals surface area contributed by atoms with Crippen LogP contribution in [0.3, 0.4) is 0 Å². The van der Waals surface area contributed by atoms with Gasteiger partial charge < -0.3 is 10.3 Å². The lowest BCUT2D eigenvalue weighted by atomic mass is 10.1. The first-order valence-corrected chi connectivity index (χ1v) is 6.28. The Kier molecular flexibility index (Phi) is 3.06. The third kappa shape index (κ3) is 2.41. The van der Waals surface area contributed by atoms with Crippen LogP contribution in [0.1, 0.15) is 42.5 Å². The Balaban J connectivity index is 1.70. The van der Waals surface area contributed by atoms with Gasteiger partial charge in [0.1, 0.15) is 0 Å². The summed E-state index contributed by atoms with van der Waals surface area (Å²) in [5, 5.41) is 4.03. The van der Waals surface area contributed by atoms with Crippen molar-refractivity contribution in [1.29, 1.82) is 0 Å². The lowest BCUT2D eigenvalue weighted by Gasteiger charge is -2.01. The maximum absolute atomic E-state index is 5.89. The van der Waals surface area contributed by atoms with E-state index in [1.807, 2.05) is 18.3 Å². The second-order valence-electron chi connectivity index (χ2n) is 4.86. The summed E-state index contributed by atoms with van der Waals surface area (Å²) in [7, 11) is 0. The molecule has 2 aromatic rings. The van der Waals surface area contributed by atoms with Crippen molar-refractivity contribution in [2.24, 2.45) is 5.73 Å². The second kappa shape index (κ2) is 4.86. The summed E-state index contributed by atoms with van der Waals surface area (Å²) in [5.41, 5.74) is 6.99. The lowest BCUT2D eigenvalue weighted by Crippen LogP contribution is -2.14. The zero-order valence-electron chi connectivity index (χ0n) is 10.1. The van der Waals surface area contributed by atoms with Crippen LogP contribution >= 0.6 is 0 Å². The van der Waals surface area contributed by atoms with Crippen LogP contribution in [-0.4, -0.2) is 21.2 Å². The van der Waals surface area contributed by atoms with Gasteiger partial charge in [0.2, 0.25) is 5.89 Å². The predicted octanol–water partition coefficient (Wildman–Crippen LogP) is 1.65. The highest BCUT2D eigenvalue weighted by molar-refractivity contribution is 5.14. The largest absolute Gasteiger partial charge is 0.339 e. The molecule has 0 radical (unpaired) electrons. The highest BCUT2D eigenvalue weighted by Crippen LogP contribution is 2.32. The molecule has 0 bridgehead atoms. The molecule has 0 aromatic carbocycles. The first-order chi connectivity index (χ1) is 8.81. The summed E-state index contributed by atoms with van der Waals surface area (Å²) in [6.07, 6.45) is 7.29. The quantitative estimate of drug-likeness (QED) is 0.888. The fourth-order valence-corrected chi connectivity index (χ4v) is 2.43. The number of nitrogens with zero attached hydrogens (tertiary/aromatic N) is 3. The van der Waals surface area contributed by atoms with E-state index in [4.69, 9.17) is 10.3 Å². The molecule has 2 atom stereocenters. The number of aromatic nitrogens is 3. The maximum Gasteiger partial charge on any atom is 0.229 e. The topological polar surface area (TPSA) is 77.8 Å². The molecule has 0 amide bonds. The van der Waals surface area contributed by atoms with Crippen molar-refractivity contribution in [3.8, 4) is 0 Å². The highest BCUT2D eigenvalue weighted by Gasteiger charge is 2.27. The summed E-state index contributed by atoms with van der Waals surface area (Å²) in [6, 6.07) is 4.20. The standard InChI is InChI=1S/C13H16N4O/c14-11-4-3-10(7-11)13-16-12(17-18-13)6-9-2-1-5-15-8-9/h1-2,5,8,10-11H,3-4,6-7,14H2. The number of pyridine rings is 1. The van der Waals surface area contributed by atoms with Gasteiger partial charge in [0.25, 0.3) is 0 Å². The highest BCUT2D eigenvalue weighted by atomic mass is 16.5. The maximum atomic E-state index is 5.89. The second-order valence-corrected chi connectivity index (χ2v) is 4.86. The molecule has 2 aromatic heterocycles. The molecule has 5 nitrogen and oxygen atoms in total. The molecular formula is C13H16N4O. The van der Waals surface area contributed by atoms with Crippen LogP contribution in [0.4, 0.5) is 0 Å². The molecule has 0 aliphatic heterocycles. The van der Waals surface area contributed by atoms with Gasteiger partial charge in [0.05, 0.1) is 0 Å². The van der Waals surface area contributed by atoms with E-state index < -0.39 is 0 Å². The van der Waals surface area contributed by atoms with Crippen LogP contribution in [0.2, 0.25) is 0 Å².